The lowest BCUT2D eigenvalue weighted by molar-refractivity contribution is -0.127. The first-order valence-electron chi connectivity index (χ1n) is 10.4. The lowest BCUT2D eigenvalue weighted by Crippen LogP contribution is -2.38. The zero-order valence-electron chi connectivity index (χ0n) is 18.5. The van der Waals surface area contributed by atoms with Gasteiger partial charge >= 0.3 is 6.03 Å². The smallest absolute Gasteiger partial charge is 0.329 e. The number of nitrogens with one attached hydrogen (secondary N) is 2. The average Bonchev–Trinajstić information content (AvgIpc) is 2.99. The van der Waals surface area contributed by atoms with Crippen LogP contribution in [0.3, 0.4) is 0 Å². The van der Waals surface area contributed by atoms with E-state index < -0.39 is 30.2 Å². The van der Waals surface area contributed by atoms with Gasteiger partial charge in [0.25, 0.3) is 5.91 Å². The molecule has 2 N–H and O–H groups in total. The highest BCUT2D eigenvalue weighted by Gasteiger charge is 2.35. The molecule has 1 heterocycles. The van der Waals surface area contributed by atoms with Gasteiger partial charge in [-0.25, -0.2) is 14.1 Å². The third kappa shape index (κ3) is 4.96. The van der Waals surface area contributed by atoms with Crippen LogP contribution in [0.25, 0.3) is 6.08 Å². The van der Waals surface area contributed by atoms with Crippen LogP contribution in [-0.2, 0) is 9.59 Å². The van der Waals surface area contributed by atoms with E-state index in [9.17, 15) is 18.8 Å². The summed E-state index contributed by atoms with van der Waals surface area (Å²) in [6, 6.07) is 8.79. The first kappa shape index (κ1) is 23.0. The van der Waals surface area contributed by atoms with Crippen molar-refractivity contribution in [2.75, 3.05) is 18.5 Å². The summed E-state index contributed by atoms with van der Waals surface area (Å²) in [7, 11) is 0. The topological polar surface area (TPSA) is 87.7 Å². The molecule has 0 unspecified atom stereocenters. The van der Waals surface area contributed by atoms with Gasteiger partial charge in [0.05, 0.1) is 12.3 Å². The third-order valence-electron chi connectivity index (χ3n) is 5.03. The Labute approximate surface area is 186 Å². The Morgan fingerprint density at radius 1 is 1.25 bits per heavy atom. The van der Waals surface area contributed by atoms with Gasteiger partial charge in [-0.3, -0.25) is 9.59 Å². The summed E-state index contributed by atoms with van der Waals surface area (Å²) in [5, 5.41) is 4.88. The molecule has 0 aliphatic carbocycles. The van der Waals surface area contributed by atoms with Crippen LogP contribution in [0.4, 0.5) is 14.9 Å². The molecule has 0 spiro atoms. The van der Waals surface area contributed by atoms with Crippen molar-refractivity contribution < 1.29 is 23.5 Å². The molecular weight excluding hydrogens is 413 g/mol. The Morgan fingerprint density at radius 2 is 1.97 bits per heavy atom. The van der Waals surface area contributed by atoms with Crippen LogP contribution >= 0.6 is 0 Å². The van der Waals surface area contributed by atoms with Crippen LogP contribution < -0.4 is 15.4 Å². The second-order valence-corrected chi connectivity index (χ2v) is 7.74. The molecule has 2 aromatic rings. The van der Waals surface area contributed by atoms with Gasteiger partial charge in [0.15, 0.2) is 0 Å². The molecule has 1 saturated heterocycles. The van der Waals surface area contributed by atoms with Gasteiger partial charge in [0.1, 0.15) is 23.8 Å². The molecule has 4 amide bonds. The number of aryl methyl sites for hydroxylation is 1. The maximum Gasteiger partial charge on any atom is 0.329 e. The van der Waals surface area contributed by atoms with Crippen LogP contribution in [0.15, 0.2) is 42.1 Å². The molecule has 8 heteroatoms. The van der Waals surface area contributed by atoms with Crippen LogP contribution in [-0.4, -0.2) is 35.9 Å². The standard InChI is InChI=1S/C24H26FN3O4/c1-5-32-21-10-15(4)16(11-17(21)14(2)3)12-20-23(30)28(24(31)27-20)13-22(29)26-19-9-7-6-8-18(19)25/h6-12,14H,5,13H2,1-4H3,(H,26,29)(H,27,31)/b20-12+. The number of para-hydroxylation sites is 1. The van der Waals surface area contributed by atoms with E-state index in [4.69, 9.17) is 4.74 Å². The Balaban J connectivity index is 1.80. The number of amides is 4. The maximum atomic E-state index is 13.7. The summed E-state index contributed by atoms with van der Waals surface area (Å²) in [6.07, 6.45) is 1.59. The average molecular weight is 439 g/mol. The van der Waals surface area contributed by atoms with Crippen molar-refractivity contribution in [3.8, 4) is 5.75 Å². The number of benzene rings is 2. The van der Waals surface area contributed by atoms with Crippen molar-refractivity contribution >= 4 is 29.6 Å². The summed E-state index contributed by atoms with van der Waals surface area (Å²) < 4.78 is 19.5. The molecule has 0 saturated carbocycles. The van der Waals surface area contributed by atoms with Gasteiger partial charge in [0, 0.05) is 0 Å². The number of nitrogens with zero attached hydrogens (tertiary/aromatic N) is 1. The summed E-state index contributed by atoms with van der Waals surface area (Å²) in [5.74, 6) is -0.931. The first-order valence-corrected chi connectivity index (χ1v) is 10.4. The predicted octanol–water partition coefficient (Wildman–Crippen LogP) is 4.19. The molecule has 3 rings (SSSR count). The quantitative estimate of drug-likeness (QED) is 0.500. The molecule has 1 aliphatic rings. The Kier molecular flexibility index (Phi) is 6.92. The summed E-state index contributed by atoms with van der Waals surface area (Å²) >= 11 is 0. The third-order valence-corrected chi connectivity index (χ3v) is 5.03. The second-order valence-electron chi connectivity index (χ2n) is 7.74. The Morgan fingerprint density at radius 3 is 2.62 bits per heavy atom. The normalized spacial score (nSPS) is 14.8. The van der Waals surface area contributed by atoms with Gasteiger partial charge < -0.3 is 15.4 Å². The summed E-state index contributed by atoms with van der Waals surface area (Å²) in [5.41, 5.74) is 2.67. The van der Waals surface area contributed by atoms with E-state index in [0.29, 0.717) is 6.61 Å². The fraction of sp³-hybridized carbons (Fsp3) is 0.292. The molecule has 0 radical (unpaired) electrons. The lowest BCUT2D eigenvalue weighted by atomic mass is 9.96. The maximum absolute atomic E-state index is 13.7. The number of hydrogen-bond donors (Lipinski definition) is 2. The molecule has 1 aliphatic heterocycles. The number of carbonyl (C=O) groups is 3. The van der Waals surface area contributed by atoms with Crippen molar-refractivity contribution in [2.24, 2.45) is 0 Å². The monoisotopic (exact) mass is 439 g/mol. The largest absolute Gasteiger partial charge is 0.494 e. The van der Waals surface area contributed by atoms with Crippen molar-refractivity contribution in [1.82, 2.24) is 10.2 Å². The van der Waals surface area contributed by atoms with Gasteiger partial charge in [-0.1, -0.05) is 26.0 Å². The van der Waals surface area contributed by atoms with Crippen molar-refractivity contribution in [1.29, 1.82) is 0 Å². The number of halogens is 1. The number of rotatable bonds is 7. The number of imide groups is 1. The SMILES string of the molecule is CCOc1cc(C)c(/C=C2/NC(=O)N(CC(=O)Nc3ccccc3F)C2=O)cc1C(C)C. The van der Waals surface area contributed by atoms with Crippen LogP contribution in [0.2, 0.25) is 0 Å². The number of urea groups is 1. The minimum absolute atomic E-state index is 0.0217. The van der Waals surface area contributed by atoms with Crippen molar-refractivity contribution in [3.05, 3.63) is 64.6 Å². The van der Waals surface area contributed by atoms with Crippen molar-refractivity contribution in [2.45, 2.75) is 33.6 Å². The van der Waals surface area contributed by atoms with E-state index >= 15 is 0 Å². The Bertz CT molecular complexity index is 1090. The van der Waals surface area contributed by atoms with Crippen molar-refractivity contribution in [3.63, 3.8) is 0 Å². The number of carbonyl (C=O) groups excluding carboxylic acids is 3. The molecule has 32 heavy (non-hydrogen) atoms. The van der Waals surface area contributed by atoms with E-state index in [1.165, 1.54) is 18.2 Å². The van der Waals surface area contributed by atoms with E-state index in [-0.39, 0.29) is 17.3 Å². The second kappa shape index (κ2) is 9.64. The van der Waals surface area contributed by atoms with E-state index in [1.807, 2.05) is 39.8 Å². The minimum atomic E-state index is -0.711. The number of hydrogen-bond acceptors (Lipinski definition) is 4. The fourth-order valence-electron chi connectivity index (χ4n) is 3.37. The molecule has 1 fully saturated rings. The van der Waals surface area contributed by atoms with E-state index in [2.05, 4.69) is 10.6 Å². The highest BCUT2D eigenvalue weighted by atomic mass is 19.1. The predicted molar refractivity (Wildman–Crippen MR) is 120 cm³/mol. The van der Waals surface area contributed by atoms with Gasteiger partial charge in [-0.15, -0.1) is 0 Å². The molecule has 7 nitrogen and oxygen atoms in total. The van der Waals surface area contributed by atoms with Gasteiger partial charge in [-0.2, -0.15) is 0 Å². The minimum Gasteiger partial charge on any atom is -0.494 e. The summed E-state index contributed by atoms with van der Waals surface area (Å²) in [4.78, 5) is 38.1. The van der Waals surface area contributed by atoms with Crippen LogP contribution in [0.5, 0.6) is 5.75 Å². The molecule has 2 aromatic carbocycles. The van der Waals surface area contributed by atoms with E-state index in [0.717, 1.165) is 27.3 Å². The lowest BCUT2D eigenvalue weighted by Gasteiger charge is -2.16. The van der Waals surface area contributed by atoms with Crippen LogP contribution in [0, 0.1) is 12.7 Å². The molecule has 0 atom stereocenters. The zero-order valence-corrected chi connectivity index (χ0v) is 18.5. The summed E-state index contributed by atoms with van der Waals surface area (Å²) in [6.45, 7) is 7.90. The van der Waals surface area contributed by atoms with Crippen LogP contribution in [0.1, 0.15) is 43.4 Å². The first-order chi connectivity index (χ1) is 15.2. The molecule has 168 valence electrons. The number of ether oxygens (including phenoxy) is 1. The van der Waals surface area contributed by atoms with Gasteiger partial charge in [0.2, 0.25) is 5.91 Å². The molecule has 0 aromatic heterocycles. The fourth-order valence-corrected chi connectivity index (χ4v) is 3.37. The molecular formula is C24H26FN3O4. The highest BCUT2D eigenvalue weighted by Crippen LogP contribution is 2.31. The van der Waals surface area contributed by atoms with Gasteiger partial charge in [-0.05, 0) is 66.8 Å². The highest BCUT2D eigenvalue weighted by molar-refractivity contribution is 6.16. The number of anilines is 1. The Hall–Kier alpha value is -3.68. The molecule has 0 bridgehead atoms. The van der Waals surface area contributed by atoms with E-state index in [1.54, 1.807) is 12.1 Å². The zero-order chi connectivity index (χ0) is 23.4.